The van der Waals surface area contributed by atoms with E-state index in [-0.39, 0.29) is 0 Å². The minimum Gasteiger partial charge on any atom is -0.273 e. The van der Waals surface area contributed by atoms with E-state index in [9.17, 15) is 9.59 Å². The minimum atomic E-state index is -0.603. The molecule has 27 heavy (non-hydrogen) atoms. The second kappa shape index (κ2) is 10.3. The maximum absolute atomic E-state index is 11.7. The van der Waals surface area contributed by atoms with Gasteiger partial charge in [-0.15, -0.1) is 0 Å². The fourth-order valence-electron chi connectivity index (χ4n) is 1.77. The van der Waals surface area contributed by atoms with Crippen LogP contribution in [0.2, 0.25) is 20.1 Å². The maximum Gasteiger partial charge on any atom is 0.249 e. The molecule has 0 saturated heterocycles. The van der Waals surface area contributed by atoms with Gasteiger partial charge in [0, 0.05) is 0 Å². The molecule has 0 radical (unpaired) electrons. The lowest BCUT2D eigenvalue weighted by atomic mass is 10.2. The van der Waals surface area contributed by atoms with E-state index in [1.807, 2.05) is 0 Å². The Bertz CT molecular complexity index is 842. The van der Waals surface area contributed by atoms with Gasteiger partial charge in [0.2, 0.25) is 11.8 Å². The summed E-state index contributed by atoms with van der Waals surface area (Å²) in [5, 5.41) is 9.04. The third-order valence-corrected chi connectivity index (χ3v) is 4.49. The van der Waals surface area contributed by atoms with Gasteiger partial charge in [-0.1, -0.05) is 58.5 Å². The molecule has 0 saturated carbocycles. The fraction of sp³-hybridized carbons (Fsp3) is 0.0588. The number of carbonyl (C=O) groups is 2. The van der Waals surface area contributed by atoms with E-state index in [0.29, 0.717) is 31.2 Å². The minimum absolute atomic E-state index is 0.367. The highest BCUT2D eigenvalue weighted by atomic mass is 35.5. The predicted molar refractivity (Wildman–Crippen MR) is 109 cm³/mol. The Morgan fingerprint density at radius 3 is 1.52 bits per heavy atom. The zero-order valence-electron chi connectivity index (χ0n) is 13.5. The van der Waals surface area contributed by atoms with E-state index in [4.69, 9.17) is 46.4 Å². The molecule has 140 valence electrons. The molecule has 6 nitrogen and oxygen atoms in total. The van der Waals surface area contributed by atoms with Crippen LogP contribution in [-0.2, 0) is 9.59 Å². The highest BCUT2D eigenvalue weighted by Gasteiger charge is 2.07. The van der Waals surface area contributed by atoms with Crippen molar-refractivity contribution in [1.82, 2.24) is 10.9 Å². The molecule has 0 fully saturated rings. The lowest BCUT2D eigenvalue weighted by Gasteiger charge is -2.00. The van der Waals surface area contributed by atoms with Gasteiger partial charge in [0.15, 0.2) is 0 Å². The van der Waals surface area contributed by atoms with Crippen molar-refractivity contribution in [2.75, 3.05) is 0 Å². The normalized spacial score (nSPS) is 11.1. The Labute approximate surface area is 175 Å². The van der Waals surface area contributed by atoms with Crippen molar-refractivity contribution in [3.8, 4) is 0 Å². The smallest absolute Gasteiger partial charge is 0.249 e. The van der Waals surface area contributed by atoms with Gasteiger partial charge in [0.1, 0.15) is 6.42 Å². The fourth-order valence-corrected chi connectivity index (χ4v) is 2.38. The average Bonchev–Trinajstić information content (AvgIpc) is 2.61. The highest BCUT2D eigenvalue weighted by molar-refractivity contribution is 6.42. The highest BCUT2D eigenvalue weighted by Crippen LogP contribution is 2.22. The summed E-state index contributed by atoms with van der Waals surface area (Å²) in [6.07, 6.45) is 2.30. The average molecular weight is 446 g/mol. The lowest BCUT2D eigenvalue weighted by molar-refractivity contribution is -0.129. The van der Waals surface area contributed by atoms with Crippen molar-refractivity contribution in [3.63, 3.8) is 0 Å². The second-order valence-electron chi connectivity index (χ2n) is 5.11. The molecular weight excluding hydrogens is 434 g/mol. The Hall–Kier alpha value is -2.12. The van der Waals surface area contributed by atoms with Crippen molar-refractivity contribution in [2.45, 2.75) is 6.42 Å². The van der Waals surface area contributed by atoms with Gasteiger partial charge in [0.05, 0.1) is 32.5 Å². The van der Waals surface area contributed by atoms with Crippen LogP contribution in [0.1, 0.15) is 17.5 Å². The quantitative estimate of drug-likeness (QED) is 0.395. The number of hydrogen-bond donors (Lipinski definition) is 2. The number of amides is 2. The molecule has 0 bridgehead atoms. The summed E-state index contributed by atoms with van der Waals surface area (Å²) in [7, 11) is 0. The molecule has 0 aliphatic heterocycles. The van der Waals surface area contributed by atoms with Crippen molar-refractivity contribution in [3.05, 3.63) is 67.6 Å². The van der Waals surface area contributed by atoms with Crippen molar-refractivity contribution in [1.29, 1.82) is 0 Å². The summed E-state index contributed by atoms with van der Waals surface area (Å²) in [5.41, 5.74) is 5.73. The summed E-state index contributed by atoms with van der Waals surface area (Å²) in [4.78, 5) is 23.3. The van der Waals surface area contributed by atoms with Gasteiger partial charge in [-0.05, 0) is 35.4 Å². The zero-order chi connectivity index (χ0) is 19.8. The number of benzene rings is 2. The number of halogens is 4. The number of hydrazone groups is 2. The van der Waals surface area contributed by atoms with Crippen LogP contribution >= 0.6 is 46.4 Å². The molecule has 0 atom stereocenters. The zero-order valence-corrected chi connectivity index (χ0v) is 16.6. The topological polar surface area (TPSA) is 82.9 Å². The van der Waals surface area contributed by atoms with Crippen LogP contribution in [0.3, 0.4) is 0 Å². The Morgan fingerprint density at radius 1 is 0.741 bits per heavy atom. The maximum atomic E-state index is 11.7. The van der Waals surface area contributed by atoms with E-state index >= 15 is 0 Å². The predicted octanol–water partition coefficient (Wildman–Crippen LogP) is 4.29. The van der Waals surface area contributed by atoms with Crippen molar-refractivity contribution in [2.24, 2.45) is 10.2 Å². The first-order chi connectivity index (χ1) is 12.8. The number of nitrogens with zero attached hydrogens (tertiary/aromatic N) is 2. The molecule has 0 aliphatic carbocycles. The second-order valence-corrected chi connectivity index (χ2v) is 6.74. The standard InChI is InChI=1S/C17H12Cl4N4O2/c18-12-3-1-10(5-14(12)20)8-22-24-16(26)7-17(27)25-23-9-11-2-4-13(19)15(21)6-11/h1-6,8-9H,7H2,(H,24,26)(H,25,27). The van der Waals surface area contributed by atoms with Crippen LogP contribution in [0.25, 0.3) is 0 Å². The summed E-state index contributed by atoms with van der Waals surface area (Å²) >= 11 is 23.4. The Balaban J connectivity index is 1.78. The van der Waals surface area contributed by atoms with Gasteiger partial charge >= 0.3 is 0 Å². The number of carbonyl (C=O) groups excluding carboxylic acids is 2. The van der Waals surface area contributed by atoms with Crippen molar-refractivity contribution >= 4 is 70.6 Å². The molecule has 0 spiro atoms. The summed E-state index contributed by atoms with van der Waals surface area (Å²) in [6, 6.07) is 9.73. The van der Waals surface area contributed by atoms with Crippen LogP contribution < -0.4 is 10.9 Å². The first-order valence-electron chi connectivity index (χ1n) is 7.39. The van der Waals surface area contributed by atoms with Gasteiger partial charge in [-0.2, -0.15) is 10.2 Å². The van der Waals surface area contributed by atoms with Crippen LogP contribution in [0.15, 0.2) is 46.6 Å². The molecular formula is C17H12Cl4N4O2. The van der Waals surface area contributed by atoms with Gasteiger partial charge in [-0.3, -0.25) is 9.59 Å². The Morgan fingerprint density at radius 2 is 1.15 bits per heavy atom. The SMILES string of the molecule is O=C(CC(=O)NN=Cc1ccc(Cl)c(Cl)c1)NN=Cc1ccc(Cl)c(Cl)c1. The molecule has 0 aliphatic rings. The third-order valence-electron chi connectivity index (χ3n) is 3.01. The van der Waals surface area contributed by atoms with E-state index < -0.39 is 18.2 Å². The molecule has 10 heteroatoms. The summed E-state index contributed by atoms with van der Waals surface area (Å²) < 4.78 is 0. The van der Waals surface area contributed by atoms with Crippen LogP contribution in [0.5, 0.6) is 0 Å². The van der Waals surface area contributed by atoms with Crippen molar-refractivity contribution < 1.29 is 9.59 Å². The molecule has 2 N–H and O–H groups in total. The Kier molecular flexibility index (Phi) is 8.06. The molecule has 2 aromatic rings. The molecule has 0 aromatic heterocycles. The lowest BCUT2D eigenvalue weighted by Crippen LogP contribution is -2.27. The molecule has 2 rings (SSSR count). The first-order valence-corrected chi connectivity index (χ1v) is 8.90. The first kappa shape index (κ1) is 21.2. The molecule has 0 heterocycles. The van der Waals surface area contributed by atoms with Gasteiger partial charge in [-0.25, -0.2) is 10.9 Å². The van der Waals surface area contributed by atoms with Crippen LogP contribution in [-0.4, -0.2) is 24.2 Å². The molecule has 2 amide bonds. The van der Waals surface area contributed by atoms with E-state index in [0.717, 1.165) is 0 Å². The monoisotopic (exact) mass is 444 g/mol. The van der Waals surface area contributed by atoms with E-state index in [2.05, 4.69) is 21.1 Å². The van der Waals surface area contributed by atoms with E-state index in [1.165, 1.54) is 12.4 Å². The summed E-state index contributed by atoms with van der Waals surface area (Å²) in [6.45, 7) is 0. The largest absolute Gasteiger partial charge is 0.273 e. The van der Waals surface area contributed by atoms with E-state index in [1.54, 1.807) is 36.4 Å². The third kappa shape index (κ3) is 7.19. The van der Waals surface area contributed by atoms with Gasteiger partial charge in [0.25, 0.3) is 0 Å². The molecule has 0 unspecified atom stereocenters. The molecule has 2 aromatic carbocycles. The number of hydrogen-bond acceptors (Lipinski definition) is 4. The number of rotatable bonds is 6. The van der Waals surface area contributed by atoms with Gasteiger partial charge < -0.3 is 0 Å². The number of nitrogens with one attached hydrogen (secondary N) is 2. The van der Waals surface area contributed by atoms with Crippen LogP contribution in [0, 0.1) is 0 Å². The summed E-state index contributed by atoms with van der Waals surface area (Å²) in [5.74, 6) is -1.21. The van der Waals surface area contributed by atoms with Crippen LogP contribution in [0.4, 0.5) is 0 Å².